The van der Waals surface area contributed by atoms with Gasteiger partial charge in [0.15, 0.2) is 0 Å². The second kappa shape index (κ2) is 8.95. The summed E-state index contributed by atoms with van der Waals surface area (Å²) < 4.78 is 8.46. The summed E-state index contributed by atoms with van der Waals surface area (Å²) in [5, 5.41) is 7.32. The zero-order chi connectivity index (χ0) is 27.6. The second-order valence-electron chi connectivity index (χ2n) is 11.0. The molecule has 9 aromatic rings. The summed E-state index contributed by atoms with van der Waals surface area (Å²) in [6.45, 7) is 0. The average molecular weight is 536 g/mol. The first-order chi connectivity index (χ1) is 20.8. The highest BCUT2D eigenvalue weighted by Gasteiger charge is 2.14. The van der Waals surface area contributed by atoms with Crippen molar-refractivity contribution in [2.24, 2.45) is 0 Å². The minimum atomic E-state index is 0.921. The summed E-state index contributed by atoms with van der Waals surface area (Å²) in [4.78, 5) is 0. The Morgan fingerprint density at radius 1 is 0.357 bits per heavy atom. The molecule has 2 aromatic heterocycles. The molecule has 0 bridgehead atoms. The maximum atomic E-state index is 6.07. The third kappa shape index (κ3) is 3.52. The van der Waals surface area contributed by atoms with Crippen LogP contribution in [0.15, 0.2) is 156 Å². The molecule has 0 aliphatic rings. The number of furan rings is 1. The molecule has 0 aliphatic heterocycles. The van der Waals surface area contributed by atoms with E-state index in [1.807, 2.05) is 12.1 Å². The predicted octanol–water partition coefficient (Wildman–Crippen LogP) is 11.2. The third-order valence-corrected chi connectivity index (χ3v) is 8.57. The van der Waals surface area contributed by atoms with Gasteiger partial charge < -0.3 is 8.98 Å². The van der Waals surface area contributed by atoms with Crippen LogP contribution in [0.3, 0.4) is 0 Å². The van der Waals surface area contributed by atoms with Crippen molar-refractivity contribution in [2.75, 3.05) is 0 Å². The number of aromatic nitrogens is 1. The van der Waals surface area contributed by atoms with Crippen LogP contribution >= 0.6 is 0 Å². The lowest BCUT2D eigenvalue weighted by atomic mass is 9.97. The number of benzene rings is 7. The fourth-order valence-electron chi connectivity index (χ4n) is 6.53. The van der Waals surface area contributed by atoms with Crippen molar-refractivity contribution in [3.8, 4) is 27.9 Å². The van der Waals surface area contributed by atoms with E-state index in [9.17, 15) is 0 Å². The molecule has 2 heteroatoms. The molecular weight excluding hydrogens is 510 g/mol. The van der Waals surface area contributed by atoms with E-state index >= 15 is 0 Å². The molecule has 2 nitrogen and oxygen atoms in total. The largest absolute Gasteiger partial charge is 0.456 e. The van der Waals surface area contributed by atoms with E-state index in [-0.39, 0.29) is 0 Å². The van der Waals surface area contributed by atoms with E-state index in [0.717, 1.165) is 21.9 Å². The van der Waals surface area contributed by atoms with Gasteiger partial charge in [-0.05, 0) is 87.6 Å². The van der Waals surface area contributed by atoms with E-state index in [1.54, 1.807) is 0 Å². The van der Waals surface area contributed by atoms with E-state index in [2.05, 4.69) is 144 Å². The average Bonchev–Trinajstić information content (AvgIpc) is 3.59. The maximum Gasteiger partial charge on any atom is 0.135 e. The standard InChI is InChI=1S/C40H25NO/c1-2-9-29-23-32(19-16-26(29)8-1)41-37-14-5-3-12-33(37)35-24-30(17-20-38(35)41)27-10-7-11-28(22-27)31-18-21-40-36(25-31)34-13-4-6-15-39(34)42-40/h1-25H. The van der Waals surface area contributed by atoms with Crippen LogP contribution in [0.1, 0.15) is 0 Å². The number of nitrogens with zero attached hydrogens (tertiary/aromatic N) is 1. The molecule has 2 heterocycles. The quantitative estimate of drug-likeness (QED) is 0.220. The fourth-order valence-corrected chi connectivity index (χ4v) is 6.53. The molecule has 0 amide bonds. The predicted molar refractivity (Wildman–Crippen MR) is 176 cm³/mol. The number of hydrogen-bond acceptors (Lipinski definition) is 1. The smallest absolute Gasteiger partial charge is 0.135 e. The van der Waals surface area contributed by atoms with E-state index in [0.29, 0.717) is 0 Å². The Hall–Kier alpha value is -5.60. The molecule has 0 spiro atoms. The van der Waals surface area contributed by atoms with Gasteiger partial charge in [-0.15, -0.1) is 0 Å². The lowest BCUT2D eigenvalue weighted by Gasteiger charge is -2.10. The van der Waals surface area contributed by atoms with Crippen molar-refractivity contribution in [3.05, 3.63) is 152 Å². The topological polar surface area (TPSA) is 18.1 Å². The van der Waals surface area contributed by atoms with Crippen molar-refractivity contribution in [1.82, 2.24) is 4.57 Å². The third-order valence-electron chi connectivity index (χ3n) is 8.57. The zero-order valence-corrected chi connectivity index (χ0v) is 22.8. The molecule has 0 atom stereocenters. The van der Waals surface area contributed by atoms with Gasteiger partial charge in [-0.2, -0.15) is 0 Å². The van der Waals surface area contributed by atoms with Gasteiger partial charge in [0.2, 0.25) is 0 Å². The highest BCUT2D eigenvalue weighted by Crippen LogP contribution is 2.37. The van der Waals surface area contributed by atoms with Gasteiger partial charge in [-0.1, -0.05) is 97.1 Å². The minimum Gasteiger partial charge on any atom is -0.456 e. The molecule has 42 heavy (non-hydrogen) atoms. The lowest BCUT2D eigenvalue weighted by molar-refractivity contribution is 0.669. The SMILES string of the molecule is c1cc(-c2ccc3oc4ccccc4c3c2)cc(-c2ccc3c(c2)c2ccccc2n3-c2ccc3ccccc3c2)c1. The number of fused-ring (bicyclic) bond motifs is 7. The Morgan fingerprint density at radius 2 is 1.00 bits per heavy atom. The maximum absolute atomic E-state index is 6.07. The van der Waals surface area contributed by atoms with Crippen molar-refractivity contribution >= 4 is 54.5 Å². The van der Waals surface area contributed by atoms with Gasteiger partial charge in [0.1, 0.15) is 11.2 Å². The van der Waals surface area contributed by atoms with Crippen LogP contribution in [0.4, 0.5) is 0 Å². The normalized spacial score (nSPS) is 11.8. The molecule has 0 aliphatic carbocycles. The van der Waals surface area contributed by atoms with Crippen LogP contribution in [0.25, 0.3) is 82.5 Å². The van der Waals surface area contributed by atoms with E-state index < -0.39 is 0 Å². The molecule has 0 radical (unpaired) electrons. The first kappa shape index (κ1) is 23.1. The van der Waals surface area contributed by atoms with Crippen molar-refractivity contribution in [2.45, 2.75) is 0 Å². The van der Waals surface area contributed by atoms with Crippen molar-refractivity contribution in [1.29, 1.82) is 0 Å². The Kier molecular flexibility index (Phi) is 4.93. The molecule has 0 unspecified atom stereocenters. The first-order valence-electron chi connectivity index (χ1n) is 14.3. The van der Waals surface area contributed by atoms with Crippen LogP contribution in [0.2, 0.25) is 0 Å². The van der Waals surface area contributed by atoms with Crippen LogP contribution < -0.4 is 0 Å². The first-order valence-corrected chi connectivity index (χ1v) is 14.3. The Labute approximate surface area is 242 Å². The molecule has 0 saturated heterocycles. The molecule has 9 rings (SSSR count). The van der Waals surface area contributed by atoms with Gasteiger partial charge in [0.05, 0.1) is 11.0 Å². The Morgan fingerprint density at radius 3 is 1.88 bits per heavy atom. The van der Waals surface area contributed by atoms with Crippen LogP contribution in [0.5, 0.6) is 0 Å². The molecule has 0 N–H and O–H groups in total. The number of rotatable bonds is 3. The Balaban J connectivity index is 1.19. The number of para-hydroxylation sites is 2. The molecular formula is C40H25NO. The van der Waals surface area contributed by atoms with Crippen molar-refractivity contribution in [3.63, 3.8) is 0 Å². The highest BCUT2D eigenvalue weighted by molar-refractivity contribution is 6.11. The summed E-state index contributed by atoms with van der Waals surface area (Å²) in [5.41, 5.74) is 10.2. The van der Waals surface area contributed by atoms with Gasteiger partial charge in [-0.25, -0.2) is 0 Å². The van der Waals surface area contributed by atoms with Gasteiger partial charge in [0.25, 0.3) is 0 Å². The lowest BCUT2D eigenvalue weighted by Crippen LogP contribution is -1.93. The van der Waals surface area contributed by atoms with Crippen LogP contribution in [-0.4, -0.2) is 4.57 Å². The molecule has 0 saturated carbocycles. The van der Waals surface area contributed by atoms with Crippen LogP contribution in [-0.2, 0) is 0 Å². The second-order valence-corrected chi connectivity index (χ2v) is 11.0. The summed E-state index contributed by atoms with van der Waals surface area (Å²) in [6, 6.07) is 54.5. The van der Waals surface area contributed by atoms with Gasteiger partial charge in [0, 0.05) is 27.2 Å². The molecule has 7 aromatic carbocycles. The van der Waals surface area contributed by atoms with Gasteiger partial charge >= 0.3 is 0 Å². The Bertz CT molecular complexity index is 2470. The zero-order valence-electron chi connectivity index (χ0n) is 22.8. The van der Waals surface area contributed by atoms with Gasteiger partial charge in [-0.3, -0.25) is 0 Å². The molecule has 0 fully saturated rings. The summed E-state index contributed by atoms with van der Waals surface area (Å²) in [7, 11) is 0. The summed E-state index contributed by atoms with van der Waals surface area (Å²) >= 11 is 0. The highest BCUT2D eigenvalue weighted by atomic mass is 16.3. The van der Waals surface area contributed by atoms with Crippen molar-refractivity contribution < 1.29 is 4.42 Å². The van der Waals surface area contributed by atoms with E-state index in [4.69, 9.17) is 4.42 Å². The minimum absolute atomic E-state index is 0.921. The summed E-state index contributed by atoms with van der Waals surface area (Å²) in [6.07, 6.45) is 0. The molecule has 196 valence electrons. The van der Waals surface area contributed by atoms with E-state index in [1.165, 1.54) is 60.5 Å². The van der Waals surface area contributed by atoms with Crippen LogP contribution in [0, 0.1) is 0 Å². The fraction of sp³-hybridized carbons (Fsp3) is 0. The summed E-state index contributed by atoms with van der Waals surface area (Å²) in [5.74, 6) is 0. The number of hydrogen-bond donors (Lipinski definition) is 0. The monoisotopic (exact) mass is 535 g/mol.